The predicted molar refractivity (Wildman–Crippen MR) is 231 cm³/mol. The number of benzene rings is 1. The van der Waals surface area contributed by atoms with Crippen molar-refractivity contribution in [3.8, 4) is 0 Å². The van der Waals surface area contributed by atoms with Gasteiger partial charge in [0.15, 0.2) is 0 Å². The molecule has 0 aliphatic carbocycles. The summed E-state index contributed by atoms with van der Waals surface area (Å²) < 4.78 is 11.3. The molecule has 332 valence electrons. The quantitative estimate of drug-likeness (QED) is 0.0331. The number of aldehydes is 1. The highest BCUT2D eigenvalue weighted by atomic mass is 32.2. The van der Waals surface area contributed by atoms with Crippen molar-refractivity contribution in [3.05, 3.63) is 34.9 Å². The number of ether oxygens (including phenoxy) is 2. The van der Waals surface area contributed by atoms with Gasteiger partial charge in [0.05, 0.1) is 24.2 Å². The van der Waals surface area contributed by atoms with Crippen LogP contribution in [0.5, 0.6) is 0 Å². The van der Waals surface area contributed by atoms with E-state index in [0.29, 0.717) is 108 Å². The van der Waals surface area contributed by atoms with E-state index in [0.717, 1.165) is 50.0 Å². The Balaban J connectivity index is 0.814. The molecule has 4 aliphatic rings. The highest BCUT2D eigenvalue weighted by Gasteiger charge is 2.43. The normalized spacial score (nSPS) is 22.5. The third kappa shape index (κ3) is 15.8. The largest absolute Gasteiger partial charge is 0.381 e. The summed E-state index contributed by atoms with van der Waals surface area (Å²) in [6, 6.07) is 5.01. The van der Waals surface area contributed by atoms with Gasteiger partial charge < -0.3 is 52.0 Å². The van der Waals surface area contributed by atoms with E-state index in [4.69, 9.17) is 9.47 Å². The standard InChI is InChI=1S/C41H62N8O9S2/c50-24-27-21-28(38(53)44-15-7-19-57-17-5-13-42-34(51)11-3-1-9-32-36-30(25-59-32)46-40(55)48-36)23-29(22-27)39(54)45-16-8-20-58-18-6-14-43-35(52)12-4-2-10-33-37-31(26-60-33)47-41(56)49-37/h21-24,30-33,36-37H,1-20,25-26H2,(H,42,51)(H,43,52)(H,44,53)(H,45,54)(H2,46,48,55)(H2,47,49,56). The smallest absolute Gasteiger partial charge is 0.315 e. The Morgan fingerprint density at radius 2 is 1.00 bits per heavy atom. The van der Waals surface area contributed by atoms with E-state index in [1.54, 1.807) is 0 Å². The first-order valence-electron chi connectivity index (χ1n) is 21.4. The fourth-order valence-corrected chi connectivity index (χ4v) is 10.8. The molecule has 6 atom stereocenters. The third-order valence-corrected chi connectivity index (χ3v) is 13.9. The zero-order valence-electron chi connectivity index (χ0n) is 34.3. The lowest BCUT2D eigenvalue weighted by Gasteiger charge is -2.16. The molecule has 8 amide bonds. The molecule has 4 fully saturated rings. The molecule has 6 unspecified atom stereocenters. The van der Waals surface area contributed by atoms with Crippen molar-refractivity contribution in [2.75, 3.05) is 64.1 Å². The molecule has 0 radical (unpaired) electrons. The Morgan fingerprint density at radius 1 is 0.583 bits per heavy atom. The number of carbonyl (C=O) groups is 7. The van der Waals surface area contributed by atoms with E-state index in [2.05, 4.69) is 42.5 Å². The van der Waals surface area contributed by atoms with Gasteiger partial charge in [-0.3, -0.25) is 24.0 Å². The highest BCUT2D eigenvalue weighted by Crippen LogP contribution is 2.34. The number of unbranched alkanes of at least 4 members (excludes halogenated alkanes) is 2. The van der Waals surface area contributed by atoms with E-state index < -0.39 is 11.8 Å². The predicted octanol–water partition coefficient (Wildman–Crippen LogP) is 2.24. The van der Waals surface area contributed by atoms with E-state index in [-0.39, 0.29) is 64.7 Å². The summed E-state index contributed by atoms with van der Waals surface area (Å²) in [5.41, 5.74) is 0.639. The molecule has 17 nitrogen and oxygen atoms in total. The zero-order valence-corrected chi connectivity index (χ0v) is 36.0. The second-order valence-corrected chi connectivity index (χ2v) is 18.1. The maximum absolute atomic E-state index is 12.8. The number of hydrogen-bond acceptors (Lipinski definition) is 11. The molecule has 0 bridgehead atoms. The average Bonchev–Trinajstić information content (AvgIpc) is 4.01. The molecule has 4 saturated heterocycles. The number of rotatable bonds is 29. The number of carbonyl (C=O) groups excluding carboxylic acids is 7. The van der Waals surface area contributed by atoms with E-state index in [1.807, 2.05) is 23.5 Å². The molecule has 1 aromatic carbocycles. The Hall–Kier alpha value is -4.07. The van der Waals surface area contributed by atoms with E-state index >= 15 is 0 Å². The number of urea groups is 2. The fraction of sp³-hybridized carbons (Fsp3) is 0.683. The van der Waals surface area contributed by atoms with Gasteiger partial charge in [0.2, 0.25) is 11.8 Å². The summed E-state index contributed by atoms with van der Waals surface area (Å²) in [6.45, 7) is 3.57. The van der Waals surface area contributed by atoms with Gasteiger partial charge >= 0.3 is 12.1 Å². The minimum Gasteiger partial charge on any atom is -0.381 e. The lowest BCUT2D eigenvalue weighted by molar-refractivity contribution is -0.122. The lowest BCUT2D eigenvalue weighted by Crippen LogP contribution is -2.36. The van der Waals surface area contributed by atoms with Crippen molar-refractivity contribution in [2.45, 2.75) is 112 Å². The van der Waals surface area contributed by atoms with Gasteiger partial charge in [-0.05, 0) is 69.6 Å². The van der Waals surface area contributed by atoms with Crippen LogP contribution in [0.3, 0.4) is 0 Å². The number of hydrogen-bond donors (Lipinski definition) is 8. The van der Waals surface area contributed by atoms with Gasteiger partial charge in [0.1, 0.15) is 6.29 Å². The van der Waals surface area contributed by atoms with Crippen LogP contribution in [0.2, 0.25) is 0 Å². The van der Waals surface area contributed by atoms with Gasteiger partial charge in [-0.15, -0.1) is 0 Å². The van der Waals surface area contributed by atoms with Gasteiger partial charge in [0, 0.05) is 104 Å². The van der Waals surface area contributed by atoms with Gasteiger partial charge in [-0.2, -0.15) is 23.5 Å². The van der Waals surface area contributed by atoms with Crippen LogP contribution < -0.4 is 42.5 Å². The average molecular weight is 875 g/mol. The number of amides is 8. The maximum atomic E-state index is 12.8. The summed E-state index contributed by atoms with van der Waals surface area (Å²) in [5.74, 6) is 1.12. The van der Waals surface area contributed by atoms with Crippen molar-refractivity contribution < 1.29 is 43.0 Å². The van der Waals surface area contributed by atoms with E-state index in [9.17, 15) is 33.6 Å². The topological polar surface area (TPSA) is 234 Å². The second-order valence-electron chi connectivity index (χ2n) is 15.5. The summed E-state index contributed by atoms with van der Waals surface area (Å²) in [5, 5.41) is 24.2. The number of fused-ring (bicyclic) bond motifs is 2. The zero-order chi connectivity index (χ0) is 42.5. The molecule has 0 saturated carbocycles. The molecule has 0 aromatic heterocycles. The Kier molecular flexibility index (Phi) is 20.1. The first-order chi connectivity index (χ1) is 29.2. The Morgan fingerprint density at radius 3 is 1.42 bits per heavy atom. The van der Waals surface area contributed by atoms with Crippen LogP contribution in [0.4, 0.5) is 9.59 Å². The van der Waals surface area contributed by atoms with Crippen molar-refractivity contribution in [2.24, 2.45) is 0 Å². The molecule has 0 spiro atoms. The summed E-state index contributed by atoms with van der Waals surface area (Å²) in [6.07, 6.45) is 9.52. The fourth-order valence-electron chi connectivity index (χ4n) is 7.67. The molecule has 4 aliphatic heterocycles. The molecular formula is C41H62N8O9S2. The minimum absolute atomic E-state index is 0.0260. The summed E-state index contributed by atoms with van der Waals surface area (Å²) in [7, 11) is 0. The first-order valence-corrected chi connectivity index (χ1v) is 23.5. The number of nitrogens with one attached hydrogen (secondary N) is 8. The summed E-state index contributed by atoms with van der Waals surface area (Å²) in [4.78, 5) is 84.6. The van der Waals surface area contributed by atoms with Gasteiger partial charge in [-0.25, -0.2) is 9.59 Å². The van der Waals surface area contributed by atoms with Crippen LogP contribution >= 0.6 is 23.5 Å². The van der Waals surface area contributed by atoms with Crippen LogP contribution in [0.15, 0.2) is 18.2 Å². The van der Waals surface area contributed by atoms with Gasteiger partial charge in [0.25, 0.3) is 11.8 Å². The minimum atomic E-state index is -0.399. The second kappa shape index (κ2) is 25.6. The van der Waals surface area contributed by atoms with E-state index in [1.165, 1.54) is 18.2 Å². The Labute approximate surface area is 360 Å². The lowest BCUT2D eigenvalue weighted by atomic mass is 10.0. The molecular weight excluding hydrogens is 813 g/mol. The molecule has 8 N–H and O–H groups in total. The van der Waals surface area contributed by atoms with Crippen molar-refractivity contribution >= 4 is 65.5 Å². The summed E-state index contributed by atoms with van der Waals surface area (Å²) >= 11 is 3.76. The SMILES string of the molecule is O=Cc1cc(C(=O)NCCCOCCCNC(=O)CCCCC2SCC3NC(=O)NC32)cc(C(=O)NCCCOCCCNC(=O)CCCCC2SCC3NC(=O)NC32)c1. The third-order valence-electron chi connectivity index (χ3n) is 10.9. The highest BCUT2D eigenvalue weighted by molar-refractivity contribution is 8.00. The van der Waals surface area contributed by atoms with Crippen molar-refractivity contribution in [3.63, 3.8) is 0 Å². The van der Waals surface area contributed by atoms with Crippen molar-refractivity contribution in [1.29, 1.82) is 0 Å². The maximum Gasteiger partial charge on any atom is 0.315 e. The van der Waals surface area contributed by atoms with Crippen molar-refractivity contribution in [1.82, 2.24) is 42.5 Å². The van der Waals surface area contributed by atoms with Crippen LogP contribution in [0, 0.1) is 0 Å². The molecule has 4 heterocycles. The molecule has 5 rings (SSSR count). The monoisotopic (exact) mass is 874 g/mol. The first kappa shape index (κ1) is 47.0. The molecule has 1 aromatic rings. The van der Waals surface area contributed by atoms with Crippen LogP contribution in [0.1, 0.15) is 108 Å². The van der Waals surface area contributed by atoms with Gasteiger partial charge in [-0.1, -0.05) is 12.8 Å². The molecule has 19 heteroatoms. The van der Waals surface area contributed by atoms with Crippen LogP contribution in [-0.2, 0) is 19.1 Å². The van der Waals surface area contributed by atoms with Crippen LogP contribution in [0.25, 0.3) is 0 Å². The Bertz CT molecular complexity index is 1520. The van der Waals surface area contributed by atoms with Crippen LogP contribution in [-0.4, -0.2) is 141 Å². The number of thioether (sulfide) groups is 2. The molecule has 60 heavy (non-hydrogen) atoms.